The maximum atomic E-state index is 2.42. The normalized spacial score (nSPS) is 43.0. The van der Waals surface area contributed by atoms with E-state index in [0.29, 0.717) is 5.41 Å². The molecule has 4 aliphatic carbocycles. The number of halogens is 1. The van der Waals surface area contributed by atoms with Gasteiger partial charge in [-0.15, -0.1) is 0 Å². The molecule has 17 heavy (non-hydrogen) atoms. The molecule has 1 aromatic carbocycles. The van der Waals surface area contributed by atoms with Gasteiger partial charge < -0.3 is 0 Å². The minimum absolute atomic E-state index is 0.582. The van der Waals surface area contributed by atoms with Gasteiger partial charge in [0, 0.05) is 3.57 Å². The first kappa shape index (κ1) is 10.8. The average Bonchev–Trinajstić information content (AvgIpc) is 2.27. The van der Waals surface area contributed by atoms with Crippen molar-refractivity contribution in [2.24, 2.45) is 17.8 Å². The molecule has 0 N–H and O–H groups in total. The lowest BCUT2D eigenvalue weighted by Crippen LogP contribution is -2.48. The lowest BCUT2D eigenvalue weighted by Gasteiger charge is -2.57. The minimum Gasteiger partial charge on any atom is -0.0574 e. The lowest BCUT2D eigenvalue weighted by atomic mass is 9.48. The van der Waals surface area contributed by atoms with Crippen LogP contribution in [0.25, 0.3) is 0 Å². The lowest BCUT2D eigenvalue weighted by molar-refractivity contribution is -0.00519. The van der Waals surface area contributed by atoms with Crippen LogP contribution in [0.15, 0.2) is 24.3 Å². The Morgan fingerprint density at radius 2 is 1.29 bits per heavy atom. The Bertz CT molecular complexity index is 396. The quantitative estimate of drug-likeness (QED) is 0.648. The van der Waals surface area contributed by atoms with E-state index in [1.54, 1.807) is 24.8 Å². The first-order chi connectivity index (χ1) is 8.23. The van der Waals surface area contributed by atoms with Crippen molar-refractivity contribution in [3.8, 4) is 0 Å². The van der Waals surface area contributed by atoms with E-state index < -0.39 is 0 Å². The van der Waals surface area contributed by atoms with Crippen LogP contribution < -0.4 is 0 Å². The molecule has 0 aromatic heterocycles. The number of hydrogen-bond donors (Lipinski definition) is 0. The monoisotopic (exact) mass is 338 g/mol. The Balaban J connectivity index is 1.74. The highest BCUT2D eigenvalue weighted by molar-refractivity contribution is 14.1. The number of rotatable bonds is 1. The average molecular weight is 338 g/mol. The van der Waals surface area contributed by atoms with Crippen LogP contribution in [0.3, 0.4) is 0 Å². The van der Waals surface area contributed by atoms with Crippen molar-refractivity contribution in [3.63, 3.8) is 0 Å². The van der Waals surface area contributed by atoms with Crippen molar-refractivity contribution < 1.29 is 0 Å². The van der Waals surface area contributed by atoms with E-state index >= 15 is 0 Å². The second-order valence-corrected chi connectivity index (χ2v) is 7.95. The molecular weight excluding hydrogens is 319 g/mol. The first-order valence-electron chi connectivity index (χ1n) is 7.00. The van der Waals surface area contributed by atoms with Crippen molar-refractivity contribution in [2.45, 2.75) is 43.9 Å². The Hall–Kier alpha value is -0.0500. The van der Waals surface area contributed by atoms with E-state index in [2.05, 4.69) is 46.9 Å². The molecule has 0 aliphatic heterocycles. The third-order valence-corrected chi connectivity index (χ3v) is 6.21. The van der Waals surface area contributed by atoms with Gasteiger partial charge in [0.15, 0.2) is 0 Å². The minimum atomic E-state index is 0.582. The van der Waals surface area contributed by atoms with Gasteiger partial charge in [0.2, 0.25) is 0 Å². The zero-order chi connectivity index (χ0) is 11.5. The van der Waals surface area contributed by atoms with Gasteiger partial charge in [-0.1, -0.05) is 12.1 Å². The van der Waals surface area contributed by atoms with E-state index in [-0.39, 0.29) is 0 Å². The van der Waals surface area contributed by atoms with Gasteiger partial charge in [-0.3, -0.25) is 0 Å². The molecule has 0 nitrogen and oxygen atoms in total. The summed E-state index contributed by atoms with van der Waals surface area (Å²) in [5, 5.41) is 0. The van der Waals surface area contributed by atoms with E-state index in [1.807, 2.05) is 0 Å². The standard InChI is InChI=1S/C16H19I/c17-15-3-1-14(2-4-15)16-8-11-5-12(9-16)7-13(6-11)10-16/h1-4,11-13H,5-10H2. The Labute approximate surface area is 117 Å². The summed E-state index contributed by atoms with van der Waals surface area (Å²) < 4.78 is 1.37. The molecule has 0 radical (unpaired) electrons. The molecule has 0 heterocycles. The smallest absolute Gasteiger partial charge is 0.0130 e. The molecule has 0 spiro atoms. The highest BCUT2D eigenvalue weighted by atomic mass is 127. The van der Waals surface area contributed by atoms with E-state index in [0.717, 1.165) is 17.8 Å². The van der Waals surface area contributed by atoms with E-state index in [1.165, 1.54) is 22.8 Å². The van der Waals surface area contributed by atoms with Crippen molar-refractivity contribution in [1.82, 2.24) is 0 Å². The molecule has 4 aliphatic rings. The van der Waals surface area contributed by atoms with Crippen LogP contribution in [-0.2, 0) is 5.41 Å². The topological polar surface area (TPSA) is 0 Å². The number of hydrogen-bond acceptors (Lipinski definition) is 0. The summed E-state index contributed by atoms with van der Waals surface area (Å²) in [5.41, 5.74) is 2.23. The summed E-state index contributed by atoms with van der Waals surface area (Å²) in [4.78, 5) is 0. The highest BCUT2D eigenvalue weighted by Gasteiger charge is 2.51. The SMILES string of the molecule is Ic1ccc(C23CC4CC(CC(C4)C2)C3)cc1. The van der Waals surface area contributed by atoms with Crippen LogP contribution in [0.2, 0.25) is 0 Å². The molecule has 0 unspecified atom stereocenters. The first-order valence-corrected chi connectivity index (χ1v) is 8.07. The van der Waals surface area contributed by atoms with Gasteiger partial charge in [0.25, 0.3) is 0 Å². The summed E-state index contributed by atoms with van der Waals surface area (Å²) in [6.45, 7) is 0. The van der Waals surface area contributed by atoms with Crippen molar-refractivity contribution in [3.05, 3.63) is 33.4 Å². The molecule has 4 saturated carbocycles. The zero-order valence-electron chi connectivity index (χ0n) is 10.2. The molecule has 0 saturated heterocycles. The van der Waals surface area contributed by atoms with Gasteiger partial charge in [-0.05, 0) is 102 Å². The maximum Gasteiger partial charge on any atom is 0.0130 e. The summed E-state index contributed by atoms with van der Waals surface area (Å²) in [5.74, 6) is 3.17. The zero-order valence-corrected chi connectivity index (χ0v) is 12.3. The van der Waals surface area contributed by atoms with Crippen LogP contribution in [0.5, 0.6) is 0 Å². The van der Waals surface area contributed by atoms with Crippen molar-refractivity contribution >= 4 is 22.6 Å². The van der Waals surface area contributed by atoms with Gasteiger partial charge in [0.05, 0.1) is 0 Å². The Morgan fingerprint density at radius 3 is 1.76 bits per heavy atom. The van der Waals surface area contributed by atoms with Crippen LogP contribution >= 0.6 is 22.6 Å². The predicted octanol–water partition coefficient (Wildman–Crippen LogP) is 4.76. The predicted molar refractivity (Wildman–Crippen MR) is 79.0 cm³/mol. The van der Waals surface area contributed by atoms with Crippen LogP contribution in [0.1, 0.15) is 44.1 Å². The molecule has 1 aromatic rings. The molecule has 0 atom stereocenters. The van der Waals surface area contributed by atoms with Gasteiger partial charge in [-0.2, -0.15) is 0 Å². The fraction of sp³-hybridized carbons (Fsp3) is 0.625. The summed E-state index contributed by atoms with van der Waals surface area (Å²) in [7, 11) is 0. The highest BCUT2D eigenvalue weighted by Crippen LogP contribution is 2.60. The largest absolute Gasteiger partial charge is 0.0574 e. The van der Waals surface area contributed by atoms with Crippen molar-refractivity contribution in [1.29, 1.82) is 0 Å². The van der Waals surface area contributed by atoms with E-state index in [9.17, 15) is 0 Å². The Kier molecular flexibility index (Phi) is 2.37. The van der Waals surface area contributed by atoms with Crippen LogP contribution in [0.4, 0.5) is 0 Å². The second kappa shape index (κ2) is 3.72. The molecule has 5 rings (SSSR count). The van der Waals surface area contributed by atoms with Crippen molar-refractivity contribution in [2.75, 3.05) is 0 Å². The summed E-state index contributed by atoms with van der Waals surface area (Å²) in [6, 6.07) is 9.42. The van der Waals surface area contributed by atoms with Gasteiger partial charge >= 0.3 is 0 Å². The van der Waals surface area contributed by atoms with Crippen LogP contribution in [0, 0.1) is 21.3 Å². The third kappa shape index (κ3) is 1.68. The summed E-state index contributed by atoms with van der Waals surface area (Å²) >= 11 is 2.42. The molecule has 4 fully saturated rings. The van der Waals surface area contributed by atoms with Gasteiger partial charge in [-0.25, -0.2) is 0 Å². The van der Waals surface area contributed by atoms with E-state index in [4.69, 9.17) is 0 Å². The fourth-order valence-electron chi connectivity index (χ4n) is 5.27. The van der Waals surface area contributed by atoms with Gasteiger partial charge in [0.1, 0.15) is 0 Å². The molecule has 4 bridgehead atoms. The van der Waals surface area contributed by atoms with Crippen LogP contribution in [-0.4, -0.2) is 0 Å². The maximum absolute atomic E-state index is 2.42. The molecule has 0 amide bonds. The third-order valence-electron chi connectivity index (χ3n) is 5.49. The second-order valence-electron chi connectivity index (χ2n) is 6.70. The molecule has 1 heteroatoms. The summed E-state index contributed by atoms with van der Waals surface area (Å²) in [6.07, 6.45) is 9.09. The Morgan fingerprint density at radius 1 is 0.824 bits per heavy atom. The molecular formula is C16H19I. The number of benzene rings is 1. The molecule has 90 valence electrons. The fourth-order valence-corrected chi connectivity index (χ4v) is 5.63.